The van der Waals surface area contributed by atoms with E-state index in [1.54, 1.807) is 6.07 Å². The van der Waals surface area contributed by atoms with Crippen molar-refractivity contribution in [2.45, 2.75) is 64.9 Å². The van der Waals surface area contributed by atoms with E-state index in [4.69, 9.17) is 9.47 Å². The second-order valence-electron chi connectivity index (χ2n) is 7.34. The quantitative estimate of drug-likeness (QED) is 0.741. The van der Waals surface area contributed by atoms with Crippen LogP contribution in [0.25, 0.3) is 0 Å². The first-order valence-corrected chi connectivity index (χ1v) is 9.53. The Kier molecular flexibility index (Phi) is 5.45. The molecule has 4 nitrogen and oxygen atoms in total. The van der Waals surface area contributed by atoms with Gasteiger partial charge in [0.25, 0.3) is 0 Å². The lowest BCUT2D eigenvalue weighted by atomic mass is 9.71. The number of hydrogen-bond donors (Lipinski definition) is 0. The van der Waals surface area contributed by atoms with Crippen molar-refractivity contribution in [1.29, 1.82) is 0 Å². The molecule has 2 aliphatic rings. The third kappa shape index (κ3) is 3.31. The van der Waals surface area contributed by atoms with E-state index in [0.717, 1.165) is 50.5 Å². The van der Waals surface area contributed by atoms with E-state index >= 15 is 0 Å². The Hall–Kier alpha value is -1.84. The second-order valence-corrected chi connectivity index (χ2v) is 7.34. The number of rotatable bonds is 5. The number of ether oxygens (including phenoxy) is 2. The zero-order valence-electron chi connectivity index (χ0n) is 15.3. The van der Waals surface area contributed by atoms with E-state index in [2.05, 4.69) is 0 Å². The summed E-state index contributed by atoms with van der Waals surface area (Å²) in [7, 11) is 0. The van der Waals surface area contributed by atoms with Gasteiger partial charge in [0.1, 0.15) is 11.5 Å². The third-order valence-electron chi connectivity index (χ3n) is 5.98. The molecular weight excluding hydrogens is 316 g/mol. The highest BCUT2D eigenvalue weighted by Crippen LogP contribution is 2.52. The molecule has 4 heteroatoms. The molecule has 0 amide bonds. The summed E-state index contributed by atoms with van der Waals surface area (Å²) in [5.41, 5.74) is 0.830. The number of carbonyl (C=O) groups is 2. The van der Waals surface area contributed by atoms with Gasteiger partial charge >= 0.3 is 11.9 Å². The topological polar surface area (TPSA) is 52.6 Å². The lowest BCUT2D eigenvalue weighted by molar-refractivity contribution is -0.166. The van der Waals surface area contributed by atoms with Crippen LogP contribution >= 0.6 is 0 Å². The Balaban J connectivity index is 1.86. The summed E-state index contributed by atoms with van der Waals surface area (Å²) in [5.74, 6) is -0.220. The van der Waals surface area contributed by atoms with Crippen molar-refractivity contribution in [1.82, 2.24) is 0 Å². The van der Waals surface area contributed by atoms with E-state index in [0.29, 0.717) is 12.2 Å². The predicted molar refractivity (Wildman–Crippen MR) is 95.3 cm³/mol. The maximum Gasteiger partial charge on any atom is 0.338 e. The van der Waals surface area contributed by atoms with Gasteiger partial charge in [-0.25, -0.2) is 4.79 Å². The number of benzene rings is 1. The Morgan fingerprint density at radius 3 is 2.52 bits per heavy atom. The average molecular weight is 344 g/mol. The molecule has 0 heterocycles. The van der Waals surface area contributed by atoms with Gasteiger partial charge in [-0.05, 0) is 63.5 Å². The maximum absolute atomic E-state index is 12.9. The predicted octanol–water partition coefficient (Wildman–Crippen LogP) is 4.44. The van der Waals surface area contributed by atoms with Gasteiger partial charge in [0.2, 0.25) is 0 Å². The van der Waals surface area contributed by atoms with Crippen LogP contribution in [0, 0.1) is 18.3 Å². The van der Waals surface area contributed by atoms with Crippen LogP contribution in [-0.4, -0.2) is 24.6 Å². The van der Waals surface area contributed by atoms with Crippen LogP contribution in [0.4, 0.5) is 0 Å². The highest BCUT2D eigenvalue weighted by atomic mass is 16.6. The third-order valence-corrected chi connectivity index (χ3v) is 5.98. The largest absolute Gasteiger partial charge is 0.465 e. The first-order chi connectivity index (χ1) is 12.1. The lowest BCUT2D eigenvalue weighted by Gasteiger charge is -2.37. The molecule has 0 aliphatic heterocycles. The summed E-state index contributed by atoms with van der Waals surface area (Å²) in [4.78, 5) is 25.7. The Bertz CT molecular complexity index is 633. The summed E-state index contributed by atoms with van der Waals surface area (Å²) in [6, 6.07) is 7.44. The molecule has 136 valence electrons. The first-order valence-electron chi connectivity index (χ1n) is 9.53. The molecule has 0 aromatic heterocycles. The van der Waals surface area contributed by atoms with Crippen LogP contribution < -0.4 is 0 Å². The van der Waals surface area contributed by atoms with E-state index in [9.17, 15) is 9.59 Å². The fraction of sp³-hybridized carbons (Fsp3) is 0.619. The maximum atomic E-state index is 12.9. The van der Waals surface area contributed by atoms with Crippen molar-refractivity contribution in [3.05, 3.63) is 35.4 Å². The smallest absolute Gasteiger partial charge is 0.338 e. The van der Waals surface area contributed by atoms with Crippen LogP contribution in [0.3, 0.4) is 0 Å². The SMILES string of the molecule is CCOC(=O)C1(C2CCCC2)CCCC1OC(=O)c1ccccc1C. The van der Waals surface area contributed by atoms with Crippen molar-refractivity contribution >= 4 is 11.9 Å². The van der Waals surface area contributed by atoms with Crippen molar-refractivity contribution in [3.8, 4) is 0 Å². The van der Waals surface area contributed by atoms with Gasteiger partial charge in [0, 0.05) is 0 Å². The molecule has 1 aromatic rings. The van der Waals surface area contributed by atoms with Crippen LogP contribution in [-0.2, 0) is 14.3 Å². The minimum absolute atomic E-state index is 0.165. The normalized spacial score (nSPS) is 26.6. The first kappa shape index (κ1) is 18.0. The molecule has 0 bridgehead atoms. The summed E-state index contributed by atoms with van der Waals surface area (Å²) < 4.78 is 11.4. The molecule has 3 rings (SSSR count). The number of esters is 2. The molecule has 2 saturated carbocycles. The Labute approximate surface area is 149 Å². The van der Waals surface area contributed by atoms with Gasteiger partial charge < -0.3 is 9.47 Å². The molecule has 2 unspecified atom stereocenters. The highest BCUT2D eigenvalue weighted by Gasteiger charge is 2.57. The fourth-order valence-corrected chi connectivity index (χ4v) is 4.73. The molecule has 2 aliphatic carbocycles. The summed E-state index contributed by atoms with van der Waals surface area (Å²) in [6.45, 7) is 4.11. The van der Waals surface area contributed by atoms with E-state index < -0.39 is 5.41 Å². The van der Waals surface area contributed by atoms with Crippen LogP contribution in [0.2, 0.25) is 0 Å². The standard InChI is InChI=1S/C21H28O4/c1-3-24-20(23)21(16-10-5-6-11-16)14-8-13-18(21)25-19(22)17-12-7-4-9-15(17)2/h4,7,9,12,16,18H,3,5-6,8,10-11,13-14H2,1-2H3. The van der Waals surface area contributed by atoms with E-state index in [-0.39, 0.29) is 24.0 Å². The number of carbonyl (C=O) groups excluding carboxylic acids is 2. The monoisotopic (exact) mass is 344 g/mol. The van der Waals surface area contributed by atoms with Gasteiger partial charge in [-0.3, -0.25) is 4.79 Å². The zero-order chi connectivity index (χ0) is 17.9. The molecule has 0 spiro atoms. The highest BCUT2D eigenvalue weighted by molar-refractivity contribution is 5.91. The van der Waals surface area contributed by atoms with Crippen molar-refractivity contribution in [3.63, 3.8) is 0 Å². The van der Waals surface area contributed by atoms with Crippen molar-refractivity contribution < 1.29 is 19.1 Å². The molecule has 2 atom stereocenters. The molecule has 0 radical (unpaired) electrons. The number of aryl methyl sites for hydroxylation is 1. The van der Waals surface area contributed by atoms with E-state index in [1.807, 2.05) is 32.0 Å². The second kappa shape index (κ2) is 7.59. The molecule has 1 aromatic carbocycles. The van der Waals surface area contributed by atoms with Gasteiger partial charge in [0.15, 0.2) is 0 Å². The molecule has 2 fully saturated rings. The van der Waals surface area contributed by atoms with E-state index in [1.165, 1.54) is 0 Å². The molecule has 25 heavy (non-hydrogen) atoms. The van der Waals surface area contributed by atoms with Gasteiger partial charge in [-0.2, -0.15) is 0 Å². The van der Waals surface area contributed by atoms with Gasteiger partial charge in [-0.15, -0.1) is 0 Å². The Morgan fingerprint density at radius 2 is 1.84 bits per heavy atom. The van der Waals surface area contributed by atoms with Crippen LogP contribution in [0.15, 0.2) is 24.3 Å². The minimum Gasteiger partial charge on any atom is -0.465 e. The average Bonchev–Trinajstić information content (AvgIpc) is 3.25. The summed E-state index contributed by atoms with van der Waals surface area (Å²) in [5, 5.41) is 0. The lowest BCUT2D eigenvalue weighted by Crippen LogP contribution is -2.47. The molecule has 0 saturated heterocycles. The Morgan fingerprint density at radius 1 is 1.12 bits per heavy atom. The summed E-state index contributed by atoms with van der Waals surface area (Å²) >= 11 is 0. The van der Waals surface area contributed by atoms with Gasteiger partial charge in [-0.1, -0.05) is 31.0 Å². The molecule has 0 N–H and O–H groups in total. The number of hydrogen-bond acceptors (Lipinski definition) is 4. The van der Waals surface area contributed by atoms with Crippen LogP contribution in [0.1, 0.15) is 67.8 Å². The van der Waals surface area contributed by atoms with Crippen molar-refractivity contribution in [2.75, 3.05) is 6.61 Å². The zero-order valence-corrected chi connectivity index (χ0v) is 15.3. The minimum atomic E-state index is -0.648. The van der Waals surface area contributed by atoms with Crippen molar-refractivity contribution in [2.24, 2.45) is 11.3 Å². The fourth-order valence-electron chi connectivity index (χ4n) is 4.73. The van der Waals surface area contributed by atoms with Gasteiger partial charge in [0.05, 0.1) is 12.2 Å². The van der Waals surface area contributed by atoms with Crippen LogP contribution in [0.5, 0.6) is 0 Å². The summed E-state index contributed by atoms with van der Waals surface area (Å²) in [6.07, 6.45) is 6.38. The molecular formula is C21H28O4.